The Morgan fingerprint density at radius 3 is 2.53 bits per heavy atom. The molecule has 0 aromatic heterocycles. The van der Waals surface area contributed by atoms with Crippen molar-refractivity contribution in [2.24, 2.45) is 11.1 Å². The van der Waals surface area contributed by atoms with Gasteiger partial charge in [0, 0.05) is 5.02 Å². The van der Waals surface area contributed by atoms with E-state index in [1.807, 2.05) is 52.0 Å². The van der Waals surface area contributed by atoms with E-state index in [-0.39, 0.29) is 17.4 Å². The molecule has 1 aromatic carbocycles. The van der Waals surface area contributed by atoms with Crippen molar-refractivity contribution in [3.63, 3.8) is 0 Å². The Hall–Kier alpha value is -1.06. The van der Waals surface area contributed by atoms with Crippen LogP contribution in [0.25, 0.3) is 0 Å². The van der Waals surface area contributed by atoms with Gasteiger partial charge in [-0.2, -0.15) is 0 Å². The summed E-state index contributed by atoms with van der Waals surface area (Å²) in [6.45, 7) is 7.89. The van der Waals surface area contributed by atoms with E-state index in [9.17, 15) is 4.79 Å². The first-order valence-corrected chi connectivity index (χ1v) is 6.95. The van der Waals surface area contributed by atoms with Gasteiger partial charge < -0.3 is 11.1 Å². The summed E-state index contributed by atoms with van der Waals surface area (Å²) in [7, 11) is 0. The standard InChI is InChI=1S/C15H23ClN2O/c1-5-12(10-7-6-8-11(16)9-10)18-14(19)13(17)15(2,3)4/h6-9,12-13H,5,17H2,1-4H3,(H,18,19)/t12?,13-/m0/s1. The topological polar surface area (TPSA) is 55.1 Å². The summed E-state index contributed by atoms with van der Waals surface area (Å²) in [5.74, 6) is -0.126. The molecule has 106 valence electrons. The van der Waals surface area contributed by atoms with E-state index in [4.69, 9.17) is 17.3 Å². The second-order valence-electron chi connectivity index (χ2n) is 5.87. The van der Waals surface area contributed by atoms with Crippen molar-refractivity contribution in [1.29, 1.82) is 0 Å². The van der Waals surface area contributed by atoms with Crippen LogP contribution < -0.4 is 11.1 Å². The highest BCUT2D eigenvalue weighted by Crippen LogP contribution is 2.22. The lowest BCUT2D eigenvalue weighted by Gasteiger charge is -2.28. The van der Waals surface area contributed by atoms with Gasteiger partial charge in [0.05, 0.1) is 12.1 Å². The molecule has 0 aliphatic rings. The molecule has 3 N–H and O–H groups in total. The first-order valence-electron chi connectivity index (χ1n) is 6.57. The molecular formula is C15H23ClN2O. The monoisotopic (exact) mass is 282 g/mol. The predicted molar refractivity (Wildman–Crippen MR) is 80.1 cm³/mol. The summed E-state index contributed by atoms with van der Waals surface area (Å²) in [4.78, 5) is 12.1. The van der Waals surface area contributed by atoms with Crippen LogP contribution in [0.2, 0.25) is 5.02 Å². The highest BCUT2D eigenvalue weighted by molar-refractivity contribution is 6.30. The van der Waals surface area contributed by atoms with Gasteiger partial charge in [0.15, 0.2) is 0 Å². The molecule has 3 nitrogen and oxygen atoms in total. The van der Waals surface area contributed by atoms with Crippen LogP contribution in [0.3, 0.4) is 0 Å². The molecule has 0 saturated carbocycles. The van der Waals surface area contributed by atoms with E-state index in [2.05, 4.69) is 5.32 Å². The predicted octanol–water partition coefficient (Wildman–Crippen LogP) is 3.28. The SMILES string of the molecule is CCC(NC(=O)[C@H](N)C(C)(C)C)c1cccc(Cl)c1. The first-order chi connectivity index (χ1) is 8.75. The number of nitrogens with one attached hydrogen (secondary N) is 1. The number of carbonyl (C=O) groups excluding carboxylic acids is 1. The maximum Gasteiger partial charge on any atom is 0.237 e. The minimum atomic E-state index is -0.527. The minimum Gasteiger partial charge on any atom is -0.348 e. The van der Waals surface area contributed by atoms with Crippen LogP contribution in [-0.4, -0.2) is 11.9 Å². The molecule has 1 unspecified atom stereocenters. The molecule has 19 heavy (non-hydrogen) atoms. The molecule has 0 radical (unpaired) electrons. The summed E-state index contributed by atoms with van der Waals surface area (Å²) in [6, 6.07) is 6.96. The molecule has 1 amide bonds. The number of halogens is 1. The molecule has 0 aliphatic heterocycles. The average Bonchev–Trinajstić information content (AvgIpc) is 2.33. The van der Waals surface area contributed by atoms with Crippen molar-refractivity contribution in [2.75, 3.05) is 0 Å². The van der Waals surface area contributed by atoms with Gasteiger partial charge in [-0.3, -0.25) is 4.79 Å². The Morgan fingerprint density at radius 2 is 2.05 bits per heavy atom. The van der Waals surface area contributed by atoms with Gasteiger partial charge in [-0.15, -0.1) is 0 Å². The highest BCUT2D eigenvalue weighted by atomic mass is 35.5. The molecule has 1 rings (SSSR count). The van der Waals surface area contributed by atoms with Crippen molar-refractivity contribution in [3.8, 4) is 0 Å². The molecule has 0 bridgehead atoms. The van der Waals surface area contributed by atoms with E-state index in [0.717, 1.165) is 12.0 Å². The summed E-state index contributed by atoms with van der Waals surface area (Å²) in [5, 5.41) is 3.67. The number of benzene rings is 1. The fraction of sp³-hybridized carbons (Fsp3) is 0.533. The van der Waals surface area contributed by atoms with Crippen LogP contribution in [-0.2, 0) is 4.79 Å². The lowest BCUT2D eigenvalue weighted by molar-refractivity contribution is -0.125. The quantitative estimate of drug-likeness (QED) is 0.890. The second kappa shape index (κ2) is 6.40. The summed E-state index contributed by atoms with van der Waals surface area (Å²) in [6.07, 6.45) is 0.795. The highest BCUT2D eigenvalue weighted by Gasteiger charge is 2.28. The molecule has 0 heterocycles. The van der Waals surface area contributed by atoms with E-state index in [1.165, 1.54) is 0 Å². The number of carbonyl (C=O) groups is 1. The van der Waals surface area contributed by atoms with Crippen molar-refractivity contribution < 1.29 is 4.79 Å². The fourth-order valence-corrected chi connectivity index (χ4v) is 2.00. The van der Waals surface area contributed by atoms with Gasteiger partial charge in [-0.25, -0.2) is 0 Å². The molecule has 0 fully saturated rings. The molecule has 4 heteroatoms. The molecule has 2 atom stereocenters. The maximum absolute atomic E-state index is 12.1. The normalized spacial score (nSPS) is 14.8. The number of hydrogen-bond acceptors (Lipinski definition) is 2. The lowest BCUT2D eigenvalue weighted by atomic mass is 9.86. The van der Waals surface area contributed by atoms with Gasteiger partial charge >= 0.3 is 0 Å². The second-order valence-corrected chi connectivity index (χ2v) is 6.30. The Balaban J connectivity index is 2.81. The van der Waals surface area contributed by atoms with Crippen LogP contribution in [0.1, 0.15) is 45.7 Å². The van der Waals surface area contributed by atoms with Gasteiger partial charge in [-0.05, 0) is 29.5 Å². The van der Waals surface area contributed by atoms with Crippen molar-refractivity contribution in [3.05, 3.63) is 34.9 Å². The van der Waals surface area contributed by atoms with Crippen LogP contribution in [0.15, 0.2) is 24.3 Å². The van der Waals surface area contributed by atoms with Crippen molar-refractivity contribution in [2.45, 2.75) is 46.2 Å². The van der Waals surface area contributed by atoms with Crippen LogP contribution in [0, 0.1) is 5.41 Å². The van der Waals surface area contributed by atoms with Crippen LogP contribution >= 0.6 is 11.6 Å². The van der Waals surface area contributed by atoms with Crippen molar-refractivity contribution >= 4 is 17.5 Å². The number of amides is 1. The first kappa shape index (κ1) is 16.0. The number of nitrogens with two attached hydrogens (primary N) is 1. The van der Waals surface area contributed by atoms with Gasteiger partial charge in [0.25, 0.3) is 0 Å². The Labute approximate surface area is 120 Å². The van der Waals surface area contributed by atoms with E-state index in [0.29, 0.717) is 5.02 Å². The Morgan fingerprint density at radius 1 is 1.42 bits per heavy atom. The van der Waals surface area contributed by atoms with Gasteiger partial charge in [0.1, 0.15) is 0 Å². The van der Waals surface area contributed by atoms with E-state index >= 15 is 0 Å². The molecular weight excluding hydrogens is 260 g/mol. The molecule has 0 aliphatic carbocycles. The van der Waals surface area contributed by atoms with E-state index in [1.54, 1.807) is 0 Å². The van der Waals surface area contributed by atoms with Crippen molar-refractivity contribution in [1.82, 2.24) is 5.32 Å². The maximum atomic E-state index is 12.1. The van der Waals surface area contributed by atoms with Gasteiger partial charge in [-0.1, -0.05) is 51.4 Å². The lowest BCUT2D eigenvalue weighted by Crippen LogP contribution is -2.49. The summed E-state index contributed by atoms with van der Waals surface area (Å²) >= 11 is 5.98. The fourth-order valence-electron chi connectivity index (χ4n) is 1.80. The third-order valence-electron chi connectivity index (χ3n) is 3.19. The minimum absolute atomic E-state index is 0.0559. The largest absolute Gasteiger partial charge is 0.348 e. The zero-order valence-electron chi connectivity index (χ0n) is 12.0. The Bertz CT molecular complexity index is 440. The van der Waals surface area contributed by atoms with Crippen LogP contribution in [0.5, 0.6) is 0 Å². The number of hydrogen-bond donors (Lipinski definition) is 2. The van der Waals surface area contributed by atoms with E-state index < -0.39 is 6.04 Å². The molecule has 0 saturated heterocycles. The molecule has 0 spiro atoms. The van der Waals surface area contributed by atoms with Gasteiger partial charge in [0.2, 0.25) is 5.91 Å². The summed E-state index contributed by atoms with van der Waals surface area (Å²) in [5.41, 5.74) is 6.72. The third kappa shape index (κ3) is 4.51. The third-order valence-corrected chi connectivity index (χ3v) is 3.43. The Kier molecular flexibility index (Phi) is 5.39. The zero-order chi connectivity index (χ0) is 14.6. The average molecular weight is 283 g/mol. The number of rotatable bonds is 4. The van der Waals surface area contributed by atoms with Crippen LogP contribution in [0.4, 0.5) is 0 Å². The zero-order valence-corrected chi connectivity index (χ0v) is 12.8. The smallest absolute Gasteiger partial charge is 0.237 e. The molecule has 1 aromatic rings. The summed E-state index contributed by atoms with van der Waals surface area (Å²) < 4.78 is 0.